The van der Waals surface area contributed by atoms with E-state index in [0.29, 0.717) is 28.9 Å². The number of anilines is 1. The molecule has 0 aliphatic carbocycles. The fourth-order valence-electron chi connectivity index (χ4n) is 2.29. The third-order valence-corrected chi connectivity index (χ3v) is 4.53. The molecular formula is C18H17Cl3N4O. The minimum Gasteiger partial charge on any atom is -0.319 e. The molecular weight excluding hydrogens is 395 g/mol. The molecule has 0 radical (unpaired) electrons. The van der Waals surface area contributed by atoms with Gasteiger partial charge < -0.3 is 5.32 Å². The Labute approximate surface area is 167 Å². The van der Waals surface area contributed by atoms with Gasteiger partial charge in [-0.2, -0.15) is 10.4 Å². The summed E-state index contributed by atoms with van der Waals surface area (Å²) in [5, 5.41) is 17.3. The van der Waals surface area contributed by atoms with Crippen LogP contribution in [0.3, 0.4) is 0 Å². The zero-order valence-electron chi connectivity index (χ0n) is 14.5. The Bertz CT molecular complexity index is 890. The Morgan fingerprint density at radius 3 is 2.50 bits per heavy atom. The van der Waals surface area contributed by atoms with Gasteiger partial charge in [0.25, 0.3) is 5.91 Å². The lowest BCUT2D eigenvalue weighted by Crippen LogP contribution is -2.14. The predicted molar refractivity (Wildman–Crippen MR) is 105 cm³/mol. The zero-order chi connectivity index (χ0) is 19.4. The molecule has 1 aromatic heterocycles. The van der Waals surface area contributed by atoms with Crippen LogP contribution in [0.25, 0.3) is 6.08 Å². The normalized spacial score (nSPS) is 11.5. The molecule has 2 rings (SSSR count). The van der Waals surface area contributed by atoms with Crippen LogP contribution < -0.4 is 5.32 Å². The molecule has 136 valence electrons. The number of nitrogens with zero attached hydrogens (tertiary/aromatic N) is 3. The van der Waals surface area contributed by atoms with Gasteiger partial charge in [-0.25, -0.2) is 0 Å². The number of amides is 1. The first-order chi connectivity index (χ1) is 12.2. The van der Waals surface area contributed by atoms with Crippen molar-refractivity contribution in [3.8, 4) is 6.07 Å². The number of para-hydroxylation sites is 1. The molecule has 0 atom stereocenters. The second-order valence-electron chi connectivity index (χ2n) is 6.09. The SMILES string of the molecule is Cc1nn(CC(C)C)c(Cl)c1/C=C(\C#N)C(=O)Nc1c(Cl)cccc1Cl. The molecule has 0 saturated carbocycles. The van der Waals surface area contributed by atoms with Crippen molar-refractivity contribution in [1.82, 2.24) is 9.78 Å². The van der Waals surface area contributed by atoms with Crippen molar-refractivity contribution in [3.63, 3.8) is 0 Å². The molecule has 0 aliphatic rings. The van der Waals surface area contributed by atoms with E-state index >= 15 is 0 Å². The monoisotopic (exact) mass is 410 g/mol. The summed E-state index contributed by atoms with van der Waals surface area (Å²) >= 11 is 18.5. The number of carbonyl (C=O) groups is 1. The number of aromatic nitrogens is 2. The fourth-order valence-corrected chi connectivity index (χ4v) is 3.08. The van der Waals surface area contributed by atoms with Gasteiger partial charge in [0.15, 0.2) is 0 Å². The maximum atomic E-state index is 12.5. The highest BCUT2D eigenvalue weighted by Crippen LogP contribution is 2.30. The topological polar surface area (TPSA) is 70.7 Å². The lowest BCUT2D eigenvalue weighted by Gasteiger charge is -2.08. The number of hydrogen-bond acceptors (Lipinski definition) is 3. The summed E-state index contributed by atoms with van der Waals surface area (Å²) in [6.07, 6.45) is 1.42. The van der Waals surface area contributed by atoms with Crippen molar-refractivity contribution >= 4 is 52.5 Å². The lowest BCUT2D eigenvalue weighted by atomic mass is 10.1. The number of rotatable bonds is 5. The highest BCUT2D eigenvalue weighted by atomic mass is 35.5. The molecule has 0 aliphatic heterocycles. The molecule has 1 N–H and O–H groups in total. The van der Waals surface area contributed by atoms with Crippen molar-refractivity contribution in [2.24, 2.45) is 5.92 Å². The maximum absolute atomic E-state index is 12.5. The Kier molecular flexibility index (Phi) is 6.71. The van der Waals surface area contributed by atoms with Gasteiger partial charge in [0.2, 0.25) is 0 Å². The van der Waals surface area contributed by atoms with E-state index in [-0.39, 0.29) is 21.3 Å². The van der Waals surface area contributed by atoms with E-state index in [2.05, 4.69) is 10.4 Å². The van der Waals surface area contributed by atoms with Crippen LogP contribution >= 0.6 is 34.8 Å². The molecule has 0 fully saturated rings. The second kappa shape index (κ2) is 8.59. The molecule has 0 unspecified atom stereocenters. The van der Waals surface area contributed by atoms with Gasteiger partial charge in [-0.15, -0.1) is 0 Å². The van der Waals surface area contributed by atoms with Crippen LogP contribution in [0, 0.1) is 24.2 Å². The van der Waals surface area contributed by atoms with Crippen molar-refractivity contribution < 1.29 is 4.79 Å². The van der Waals surface area contributed by atoms with Gasteiger partial charge in [0, 0.05) is 12.1 Å². The summed E-state index contributed by atoms with van der Waals surface area (Å²) in [5.74, 6) is -0.278. The van der Waals surface area contributed by atoms with Crippen LogP contribution in [0.1, 0.15) is 25.1 Å². The lowest BCUT2D eigenvalue weighted by molar-refractivity contribution is -0.112. The summed E-state index contributed by atoms with van der Waals surface area (Å²) in [5.41, 5.74) is 1.28. The third kappa shape index (κ3) is 4.59. The highest BCUT2D eigenvalue weighted by Gasteiger charge is 2.18. The average molecular weight is 412 g/mol. The van der Waals surface area contributed by atoms with Crippen molar-refractivity contribution in [2.45, 2.75) is 27.3 Å². The molecule has 2 aromatic rings. The van der Waals surface area contributed by atoms with Crippen molar-refractivity contribution in [2.75, 3.05) is 5.32 Å². The Morgan fingerprint density at radius 2 is 1.96 bits per heavy atom. The summed E-state index contributed by atoms with van der Waals surface area (Å²) < 4.78 is 1.66. The summed E-state index contributed by atoms with van der Waals surface area (Å²) in [4.78, 5) is 12.5. The van der Waals surface area contributed by atoms with Crippen LogP contribution in [0.4, 0.5) is 5.69 Å². The van der Waals surface area contributed by atoms with Crippen molar-refractivity contribution in [1.29, 1.82) is 5.26 Å². The fraction of sp³-hybridized carbons (Fsp3) is 0.278. The number of hydrogen-bond donors (Lipinski definition) is 1. The second-order valence-corrected chi connectivity index (χ2v) is 7.26. The molecule has 8 heteroatoms. The van der Waals surface area contributed by atoms with Gasteiger partial charge in [-0.3, -0.25) is 9.48 Å². The van der Waals surface area contributed by atoms with Gasteiger partial charge >= 0.3 is 0 Å². The molecule has 0 spiro atoms. The van der Waals surface area contributed by atoms with Crippen LogP contribution in [-0.4, -0.2) is 15.7 Å². The largest absolute Gasteiger partial charge is 0.319 e. The standard InChI is InChI=1S/C18H17Cl3N4O/c1-10(2)9-25-17(21)13(11(3)24-25)7-12(8-22)18(26)23-16-14(19)5-4-6-15(16)20/h4-7,10H,9H2,1-3H3,(H,23,26)/b12-7+. The van der Waals surface area contributed by atoms with E-state index in [0.717, 1.165) is 0 Å². The van der Waals surface area contributed by atoms with Crippen LogP contribution in [0.5, 0.6) is 0 Å². The molecule has 1 aromatic carbocycles. The van der Waals surface area contributed by atoms with Gasteiger partial charge in [-0.1, -0.05) is 54.7 Å². The van der Waals surface area contributed by atoms with Gasteiger partial charge in [0.1, 0.15) is 16.8 Å². The van der Waals surface area contributed by atoms with E-state index < -0.39 is 5.91 Å². The van der Waals surface area contributed by atoms with Gasteiger partial charge in [0.05, 0.1) is 21.4 Å². The predicted octanol–water partition coefficient (Wildman–Crippen LogP) is 5.35. The number of carbonyl (C=O) groups excluding carboxylic acids is 1. The maximum Gasteiger partial charge on any atom is 0.266 e. The summed E-state index contributed by atoms with van der Waals surface area (Å²) in [6, 6.07) is 6.73. The molecule has 0 saturated heterocycles. The number of nitrogens with one attached hydrogen (secondary N) is 1. The molecule has 0 bridgehead atoms. The van der Waals surface area contributed by atoms with E-state index in [4.69, 9.17) is 34.8 Å². The first-order valence-electron chi connectivity index (χ1n) is 7.84. The Morgan fingerprint density at radius 1 is 1.35 bits per heavy atom. The minimum atomic E-state index is -0.630. The molecule has 1 amide bonds. The van der Waals surface area contributed by atoms with E-state index in [1.807, 2.05) is 19.9 Å². The van der Waals surface area contributed by atoms with Crippen LogP contribution in [-0.2, 0) is 11.3 Å². The average Bonchev–Trinajstić information content (AvgIpc) is 2.82. The van der Waals surface area contributed by atoms with E-state index in [1.54, 1.807) is 29.8 Å². The van der Waals surface area contributed by atoms with E-state index in [9.17, 15) is 10.1 Å². The number of halogens is 3. The zero-order valence-corrected chi connectivity index (χ0v) is 16.7. The highest BCUT2D eigenvalue weighted by molar-refractivity contribution is 6.40. The van der Waals surface area contributed by atoms with Crippen LogP contribution in [0.15, 0.2) is 23.8 Å². The minimum absolute atomic E-state index is 0.130. The smallest absolute Gasteiger partial charge is 0.266 e. The van der Waals surface area contributed by atoms with Crippen molar-refractivity contribution in [3.05, 3.63) is 50.2 Å². The Hall–Kier alpha value is -2.00. The summed E-state index contributed by atoms with van der Waals surface area (Å²) in [7, 11) is 0. The quantitative estimate of drug-likeness (QED) is 0.532. The van der Waals surface area contributed by atoms with E-state index in [1.165, 1.54) is 6.08 Å². The first kappa shape index (κ1) is 20.3. The number of benzene rings is 1. The molecule has 5 nitrogen and oxygen atoms in total. The molecule has 1 heterocycles. The van der Waals surface area contributed by atoms with Gasteiger partial charge in [-0.05, 0) is 31.1 Å². The number of aryl methyl sites for hydroxylation is 1. The Balaban J connectivity index is 2.35. The summed E-state index contributed by atoms with van der Waals surface area (Å²) in [6.45, 7) is 6.50. The first-order valence-corrected chi connectivity index (χ1v) is 8.98. The third-order valence-electron chi connectivity index (χ3n) is 3.50. The van der Waals surface area contributed by atoms with Crippen LogP contribution in [0.2, 0.25) is 15.2 Å². The number of nitriles is 1. The molecule has 26 heavy (non-hydrogen) atoms.